The zero-order valence-electron chi connectivity index (χ0n) is 12.1. The smallest absolute Gasteiger partial charge is 0.122 e. The highest BCUT2D eigenvalue weighted by Crippen LogP contribution is 2.21. The van der Waals surface area contributed by atoms with Crippen molar-refractivity contribution in [1.82, 2.24) is 4.90 Å². The summed E-state index contributed by atoms with van der Waals surface area (Å²) < 4.78 is 5.88. The number of ether oxygens (including phenoxy) is 1. The maximum atomic E-state index is 5.88. The van der Waals surface area contributed by atoms with E-state index in [1.807, 2.05) is 18.2 Å². The van der Waals surface area contributed by atoms with E-state index in [9.17, 15) is 0 Å². The lowest BCUT2D eigenvalue weighted by molar-refractivity contribution is 0.260. The Balaban J connectivity index is 0.00000200. The van der Waals surface area contributed by atoms with Gasteiger partial charge in [0.1, 0.15) is 12.4 Å². The molecule has 0 atom stereocenters. The number of halogens is 1. The van der Waals surface area contributed by atoms with Crippen LogP contribution in [0.5, 0.6) is 5.75 Å². The molecule has 2 aromatic rings. The average Bonchev–Trinajstić information content (AvgIpc) is 2.41. The molecule has 0 aliphatic heterocycles. The van der Waals surface area contributed by atoms with Gasteiger partial charge in [0.05, 0.1) is 0 Å². The van der Waals surface area contributed by atoms with Gasteiger partial charge in [0.2, 0.25) is 0 Å². The van der Waals surface area contributed by atoms with Gasteiger partial charge in [-0.1, -0.05) is 48.5 Å². The van der Waals surface area contributed by atoms with Crippen LogP contribution in [0.1, 0.15) is 11.1 Å². The molecule has 0 saturated heterocycles. The standard InChI is InChI=1S/C17H21NO.ClH/c1-18(2)12-13-19-17-11-7-6-10-16(17)14-15-8-4-3-5-9-15;/h3-11H,12-14H2,1-2H3;1H. The van der Waals surface area contributed by atoms with Crippen molar-refractivity contribution in [2.45, 2.75) is 6.42 Å². The molecule has 0 amide bonds. The van der Waals surface area contributed by atoms with E-state index in [1.54, 1.807) is 0 Å². The molecule has 0 heterocycles. The number of likely N-dealkylation sites (N-methyl/N-ethyl adjacent to an activating group) is 1. The largest absolute Gasteiger partial charge is 0.492 e. The topological polar surface area (TPSA) is 12.5 Å². The lowest BCUT2D eigenvalue weighted by Crippen LogP contribution is -2.19. The molecule has 0 aliphatic rings. The van der Waals surface area contributed by atoms with Crippen LogP contribution in [0.4, 0.5) is 0 Å². The van der Waals surface area contributed by atoms with Crippen LogP contribution in [0.15, 0.2) is 54.6 Å². The van der Waals surface area contributed by atoms with Crippen LogP contribution < -0.4 is 4.74 Å². The van der Waals surface area contributed by atoms with Crippen LogP contribution in [0, 0.1) is 0 Å². The molecule has 3 heteroatoms. The molecule has 2 nitrogen and oxygen atoms in total. The monoisotopic (exact) mass is 291 g/mol. The normalized spacial score (nSPS) is 10.2. The van der Waals surface area contributed by atoms with E-state index in [2.05, 4.69) is 55.4 Å². The Kier molecular flexibility index (Phi) is 7.13. The van der Waals surface area contributed by atoms with Gasteiger partial charge >= 0.3 is 0 Å². The van der Waals surface area contributed by atoms with Gasteiger partial charge in [0.25, 0.3) is 0 Å². The summed E-state index contributed by atoms with van der Waals surface area (Å²) >= 11 is 0. The van der Waals surface area contributed by atoms with Crippen LogP contribution in [0.2, 0.25) is 0 Å². The minimum Gasteiger partial charge on any atom is -0.492 e. The summed E-state index contributed by atoms with van der Waals surface area (Å²) in [5, 5.41) is 0. The highest BCUT2D eigenvalue weighted by molar-refractivity contribution is 5.85. The molecule has 0 bridgehead atoms. The molecule has 2 rings (SSSR count). The maximum Gasteiger partial charge on any atom is 0.122 e. The molecular formula is C17H22ClNO. The van der Waals surface area contributed by atoms with E-state index < -0.39 is 0 Å². The summed E-state index contributed by atoms with van der Waals surface area (Å²) in [5.41, 5.74) is 2.55. The minimum atomic E-state index is 0. The summed E-state index contributed by atoms with van der Waals surface area (Å²) in [6.45, 7) is 1.65. The van der Waals surface area contributed by atoms with Crippen molar-refractivity contribution in [2.75, 3.05) is 27.2 Å². The van der Waals surface area contributed by atoms with Crippen LogP contribution >= 0.6 is 12.4 Å². The molecule has 0 aromatic heterocycles. The summed E-state index contributed by atoms with van der Waals surface area (Å²) in [4.78, 5) is 2.12. The third-order valence-corrected chi connectivity index (χ3v) is 3.01. The molecule has 0 fully saturated rings. The van der Waals surface area contributed by atoms with Crippen molar-refractivity contribution in [3.8, 4) is 5.75 Å². The summed E-state index contributed by atoms with van der Waals surface area (Å²) in [5.74, 6) is 0.994. The molecule has 0 aliphatic carbocycles. The summed E-state index contributed by atoms with van der Waals surface area (Å²) in [7, 11) is 4.11. The lowest BCUT2D eigenvalue weighted by Gasteiger charge is -2.14. The van der Waals surface area contributed by atoms with Gasteiger partial charge < -0.3 is 9.64 Å². The molecule has 0 unspecified atom stereocenters. The van der Waals surface area contributed by atoms with Crippen molar-refractivity contribution in [3.05, 3.63) is 65.7 Å². The Bertz CT molecular complexity index is 499. The molecule has 0 spiro atoms. The van der Waals surface area contributed by atoms with E-state index in [0.717, 1.165) is 25.3 Å². The second kappa shape index (κ2) is 8.62. The highest BCUT2D eigenvalue weighted by Gasteiger charge is 2.04. The fraction of sp³-hybridized carbons (Fsp3) is 0.294. The number of nitrogens with zero attached hydrogens (tertiary/aromatic N) is 1. The third-order valence-electron chi connectivity index (χ3n) is 3.01. The van der Waals surface area contributed by atoms with E-state index in [1.165, 1.54) is 11.1 Å². The number of hydrogen-bond acceptors (Lipinski definition) is 2. The highest BCUT2D eigenvalue weighted by atomic mass is 35.5. The van der Waals surface area contributed by atoms with Gasteiger partial charge in [-0.25, -0.2) is 0 Å². The number of rotatable bonds is 6. The molecule has 20 heavy (non-hydrogen) atoms. The molecule has 0 radical (unpaired) electrons. The Morgan fingerprint density at radius 1 is 0.900 bits per heavy atom. The first kappa shape index (κ1) is 16.5. The third kappa shape index (κ3) is 5.24. The van der Waals surface area contributed by atoms with E-state index in [-0.39, 0.29) is 12.4 Å². The average molecular weight is 292 g/mol. The Hall–Kier alpha value is -1.51. The predicted octanol–water partition coefficient (Wildman–Crippen LogP) is 3.64. The lowest BCUT2D eigenvalue weighted by atomic mass is 10.0. The zero-order valence-corrected chi connectivity index (χ0v) is 12.9. The first-order chi connectivity index (χ1) is 9.25. The van der Waals surface area contributed by atoms with Crippen molar-refractivity contribution in [2.24, 2.45) is 0 Å². The molecule has 108 valence electrons. The first-order valence-corrected chi connectivity index (χ1v) is 6.65. The molecule has 2 aromatic carbocycles. The van der Waals surface area contributed by atoms with Gasteiger partial charge in [-0.15, -0.1) is 12.4 Å². The predicted molar refractivity (Wildman–Crippen MR) is 87.0 cm³/mol. The Labute approximate surface area is 127 Å². The second-order valence-corrected chi connectivity index (χ2v) is 4.92. The van der Waals surface area contributed by atoms with Crippen LogP contribution in [0.3, 0.4) is 0 Å². The Morgan fingerprint density at radius 3 is 2.25 bits per heavy atom. The Morgan fingerprint density at radius 2 is 1.55 bits per heavy atom. The maximum absolute atomic E-state index is 5.88. The first-order valence-electron chi connectivity index (χ1n) is 6.65. The zero-order chi connectivity index (χ0) is 13.5. The van der Waals surface area contributed by atoms with E-state index in [0.29, 0.717) is 0 Å². The van der Waals surface area contributed by atoms with Crippen molar-refractivity contribution in [1.29, 1.82) is 0 Å². The fourth-order valence-corrected chi connectivity index (χ4v) is 1.94. The quantitative estimate of drug-likeness (QED) is 0.806. The van der Waals surface area contributed by atoms with Crippen LogP contribution in [0.25, 0.3) is 0 Å². The van der Waals surface area contributed by atoms with Crippen molar-refractivity contribution < 1.29 is 4.74 Å². The second-order valence-electron chi connectivity index (χ2n) is 4.92. The molecule has 0 saturated carbocycles. The molecular weight excluding hydrogens is 270 g/mol. The fourth-order valence-electron chi connectivity index (χ4n) is 1.94. The minimum absolute atomic E-state index is 0. The van der Waals surface area contributed by atoms with Gasteiger partial charge in [-0.2, -0.15) is 0 Å². The van der Waals surface area contributed by atoms with Gasteiger partial charge in [-0.3, -0.25) is 0 Å². The summed E-state index contributed by atoms with van der Waals surface area (Å²) in [6.07, 6.45) is 0.916. The van der Waals surface area contributed by atoms with E-state index in [4.69, 9.17) is 4.74 Å². The van der Waals surface area contributed by atoms with Gasteiger partial charge in [0, 0.05) is 13.0 Å². The number of para-hydroxylation sites is 1. The van der Waals surface area contributed by atoms with E-state index >= 15 is 0 Å². The van der Waals surface area contributed by atoms with Gasteiger partial charge in [-0.05, 0) is 31.3 Å². The number of hydrogen-bond donors (Lipinski definition) is 0. The summed E-state index contributed by atoms with van der Waals surface area (Å²) in [6, 6.07) is 18.8. The van der Waals surface area contributed by atoms with Crippen molar-refractivity contribution in [3.63, 3.8) is 0 Å². The van der Waals surface area contributed by atoms with Crippen LogP contribution in [-0.4, -0.2) is 32.1 Å². The molecule has 0 N–H and O–H groups in total. The van der Waals surface area contributed by atoms with Crippen molar-refractivity contribution >= 4 is 12.4 Å². The SMILES string of the molecule is CN(C)CCOc1ccccc1Cc1ccccc1.Cl. The number of benzene rings is 2. The van der Waals surface area contributed by atoms with Crippen LogP contribution in [-0.2, 0) is 6.42 Å². The van der Waals surface area contributed by atoms with Gasteiger partial charge in [0.15, 0.2) is 0 Å².